The standard InChI is InChI=1S/C18H22N2O3S/c1-11-19-18-13(4-3-5-16(18)24-11)20-17(22)9-7-12-6-8-14(21)15(10-12)23-2/h6,8,10,13,21H,3-5,7,9H2,1-2H3,(H,20,22). The van der Waals surface area contributed by atoms with Gasteiger partial charge in [0.05, 0.1) is 23.9 Å². The molecule has 3 rings (SSSR count). The molecule has 2 aromatic rings. The molecule has 0 fully saturated rings. The van der Waals surface area contributed by atoms with Gasteiger partial charge in [0.15, 0.2) is 11.5 Å². The van der Waals surface area contributed by atoms with Crippen molar-refractivity contribution in [2.75, 3.05) is 7.11 Å². The highest BCUT2D eigenvalue weighted by molar-refractivity contribution is 7.11. The highest BCUT2D eigenvalue weighted by atomic mass is 32.1. The Hall–Kier alpha value is -2.08. The second-order valence-electron chi connectivity index (χ2n) is 6.06. The first-order valence-corrected chi connectivity index (χ1v) is 9.00. The van der Waals surface area contributed by atoms with Gasteiger partial charge in [-0.2, -0.15) is 0 Å². The van der Waals surface area contributed by atoms with Crippen molar-refractivity contribution < 1.29 is 14.6 Å². The van der Waals surface area contributed by atoms with Gasteiger partial charge >= 0.3 is 0 Å². The fraction of sp³-hybridized carbons (Fsp3) is 0.444. The molecule has 0 aliphatic heterocycles. The maximum atomic E-state index is 12.3. The van der Waals surface area contributed by atoms with Crippen LogP contribution in [0.1, 0.15) is 46.4 Å². The molecule has 1 aromatic carbocycles. The Morgan fingerprint density at radius 2 is 2.33 bits per heavy atom. The summed E-state index contributed by atoms with van der Waals surface area (Å²) in [6.07, 6.45) is 4.13. The van der Waals surface area contributed by atoms with Gasteiger partial charge in [0, 0.05) is 11.3 Å². The summed E-state index contributed by atoms with van der Waals surface area (Å²) < 4.78 is 5.10. The average molecular weight is 346 g/mol. The van der Waals surface area contributed by atoms with E-state index in [4.69, 9.17) is 4.74 Å². The number of amides is 1. The molecule has 1 unspecified atom stereocenters. The Kier molecular flexibility index (Phi) is 5.04. The molecule has 0 saturated heterocycles. The molecule has 5 nitrogen and oxygen atoms in total. The Balaban J connectivity index is 1.59. The van der Waals surface area contributed by atoms with Gasteiger partial charge in [-0.15, -0.1) is 11.3 Å². The molecule has 24 heavy (non-hydrogen) atoms. The number of benzene rings is 1. The van der Waals surface area contributed by atoms with Crippen molar-refractivity contribution in [3.63, 3.8) is 0 Å². The van der Waals surface area contributed by atoms with Gasteiger partial charge in [-0.25, -0.2) is 4.98 Å². The largest absolute Gasteiger partial charge is 0.504 e. The monoisotopic (exact) mass is 346 g/mol. The number of rotatable bonds is 5. The van der Waals surface area contributed by atoms with Crippen molar-refractivity contribution in [3.05, 3.63) is 39.3 Å². The fourth-order valence-corrected chi connectivity index (χ4v) is 4.12. The number of methoxy groups -OCH3 is 1. The number of aromatic hydroxyl groups is 1. The van der Waals surface area contributed by atoms with Gasteiger partial charge in [0.25, 0.3) is 0 Å². The molecule has 0 saturated carbocycles. The topological polar surface area (TPSA) is 71.5 Å². The van der Waals surface area contributed by atoms with Crippen LogP contribution >= 0.6 is 11.3 Å². The van der Waals surface area contributed by atoms with Crippen LogP contribution in [-0.2, 0) is 17.6 Å². The summed E-state index contributed by atoms with van der Waals surface area (Å²) in [5, 5.41) is 13.8. The van der Waals surface area contributed by atoms with Crippen LogP contribution in [0.5, 0.6) is 11.5 Å². The summed E-state index contributed by atoms with van der Waals surface area (Å²) in [5.41, 5.74) is 2.03. The predicted octanol–water partition coefficient (Wildman–Crippen LogP) is 3.29. The maximum absolute atomic E-state index is 12.3. The molecule has 0 spiro atoms. The number of aromatic nitrogens is 1. The number of phenolic OH excluding ortho intramolecular Hbond substituents is 1. The third-order valence-corrected chi connectivity index (χ3v) is 5.33. The second kappa shape index (κ2) is 7.21. The number of thiazole rings is 1. The summed E-state index contributed by atoms with van der Waals surface area (Å²) in [6.45, 7) is 2.01. The molecule has 1 aromatic heterocycles. The number of hydrogen-bond acceptors (Lipinski definition) is 5. The summed E-state index contributed by atoms with van der Waals surface area (Å²) in [6, 6.07) is 5.22. The molecule has 1 heterocycles. The highest BCUT2D eigenvalue weighted by Gasteiger charge is 2.25. The molecular weight excluding hydrogens is 324 g/mol. The van der Waals surface area contributed by atoms with E-state index in [2.05, 4.69) is 10.3 Å². The van der Waals surface area contributed by atoms with Gasteiger partial charge in [0.1, 0.15) is 0 Å². The lowest BCUT2D eigenvalue weighted by molar-refractivity contribution is -0.121. The third-order valence-electron chi connectivity index (χ3n) is 4.28. The number of phenols is 1. The van der Waals surface area contributed by atoms with E-state index in [1.807, 2.05) is 13.0 Å². The normalized spacial score (nSPS) is 16.5. The molecule has 1 atom stereocenters. The van der Waals surface area contributed by atoms with E-state index in [9.17, 15) is 9.90 Å². The van der Waals surface area contributed by atoms with E-state index in [1.54, 1.807) is 23.5 Å². The van der Waals surface area contributed by atoms with Crippen LogP contribution in [0.3, 0.4) is 0 Å². The Labute approximate surface area is 145 Å². The van der Waals surface area contributed by atoms with Crippen LogP contribution in [0, 0.1) is 6.92 Å². The van der Waals surface area contributed by atoms with Crippen molar-refractivity contribution in [2.24, 2.45) is 0 Å². The molecular formula is C18H22N2O3S. The quantitative estimate of drug-likeness (QED) is 0.871. The second-order valence-corrected chi connectivity index (χ2v) is 7.35. The van der Waals surface area contributed by atoms with Gasteiger partial charge in [-0.05, 0) is 50.3 Å². The highest BCUT2D eigenvalue weighted by Crippen LogP contribution is 2.33. The van der Waals surface area contributed by atoms with E-state index >= 15 is 0 Å². The van der Waals surface area contributed by atoms with E-state index in [0.717, 1.165) is 35.5 Å². The van der Waals surface area contributed by atoms with Crippen LogP contribution in [0.2, 0.25) is 0 Å². The van der Waals surface area contributed by atoms with Crippen molar-refractivity contribution in [1.82, 2.24) is 10.3 Å². The lowest BCUT2D eigenvalue weighted by atomic mass is 9.97. The SMILES string of the molecule is COc1cc(CCC(=O)NC2CCCc3sc(C)nc32)ccc1O. The fourth-order valence-electron chi connectivity index (χ4n) is 3.08. The number of fused-ring (bicyclic) bond motifs is 1. The average Bonchev–Trinajstić information content (AvgIpc) is 2.95. The van der Waals surface area contributed by atoms with Crippen molar-refractivity contribution in [1.29, 1.82) is 0 Å². The predicted molar refractivity (Wildman–Crippen MR) is 93.7 cm³/mol. The summed E-state index contributed by atoms with van der Waals surface area (Å²) in [4.78, 5) is 18.2. The molecule has 0 radical (unpaired) electrons. The molecule has 6 heteroatoms. The van der Waals surface area contributed by atoms with E-state index in [-0.39, 0.29) is 17.7 Å². The minimum Gasteiger partial charge on any atom is -0.504 e. The van der Waals surface area contributed by atoms with Gasteiger partial charge < -0.3 is 15.2 Å². The van der Waals surface area contributed by atoms with Crippen LogP contribution in [0.25, 0.3) is 0 Å². The lowest BCUT2D eigenvalue weighted by Crippen LogP contribution is -2.31. The summed E-state index contributed by atoms with van der Waals surface area (Å²) in [7, 11) is 1.52. The maximum Gasteiger partial charge on any atom is 0.220 e. The summed E-state index contributed by atoms with van der Waals surface area (Å²) >= 11 is 1.74. The van der Waals surface area contributed by atoms with Gasteiger partial charge in [-0.3, -0.25) is 4.79 Å². The van der Waals surface area contributed by atoms with Gasteiger partial charge in [-0.1, -0.05) is 6.07 Å². The smallest absolute Gasteiger partial charge is 0.220 e. The number of ether oxygens (including phenoxy) is 1. The first kappa shape index (κ1) is 16.8. The Morgan fingerprint density at radius 1 is 1.50 bits per heavy atom. The van der Waals surface area contributed by atoms with E-state index in [1.165, 1.54) is 12.0 Å². The first-order chi connectivity index (χ1) is 11.6. The number of aryl methyl sites for hydroxylation is 3. The number of nitrogens with one attached hydrogen (secondary N) is 1. The van der Waals surface area contributed by atoms with Crippen molar-refractivity contribution in [3.8, 4) is 11.5 Å². The minimum absolute atomic E-state index is 0.0329. The molecule has 0 bridgehead atoms. The van der Waals surface area contributed by atoms with Crippen LogP contribution in [0.4, 0.5) is 0 Å². The molecule has 2 N–H and O–H groups in total. The van der Waals surface area contributed by atoms with E-state index in [0.29, 0.717) is 18.6 Å². The zero-order valence-corrected chi connectivity index (χ0v) is 14.8. The van der Waals surface area contributed by atoms with E-state index < -0.39 is 0 Å². The molecule has 128 valence electrons. The van der Waals surface area contributed by atoms with Gasteiger partial charge in [0.2, 0.25) is 5.91 Å². The molecule has 1 aliphatic rings. The number of carbonyl (C=O) groups is 1. The number of carbonyl (C=O) groups excluding carboxylic acids is 1. The molecule has 1 aliphatic carbocycles. The Morgan fingerprint density at radius 3 is 3.12 bits per heavy atom. The number of nitrogens with zero attached hydrogens (tertiary/aromatic N) is 1. The van der Waals surface area contributed by atoms with Crippen LogP contribution < -0.4 is 10.1 Å². The number of hydrogen-bond donors (Lipinski definition) is 2. The summed E-state index contributed by atoms with van der Waals surface area (Å²) in [5.74, 6) is 0.577. The van der Waals surface area contributed by atoms with Crippen LogP contribution in [0.15, 0.2) is 18.2 Å². The minimum atomic E-state index is 0.0329. The molecule has 1 amide bonds. The third kappa shape index (κ3) is 3.70. The van der Waals surface area contributed by atoms with Crippen LogP contribution in [-0.4, -0.2) is 23.1 Å². The first-order valence-electron chi connectivity index (χ1n) is 8.18. The van der Waals surface area contributed by atoms with Crippen molar-refractivity contribution >= 4 is 17.2 Å². The zero-order chi connectivity index (χ0) is 17.1. The lowest BCUT2D eigenvalue weighted by Gasteiger charge is -2.22. The zero-order valence-electron chi connectivity index (χ0n) is 14.0. The van der Waals surface area contributed by atoms with Crippen molar-refractivity contribution in [2.45, 2.75) is 45.1 Å². The Bertz CT molecular complexity index is 742.